The fraction of sp³-hybridized carbons (Fsp3) is 0.0870. The average molecular weight is 398 g/mol. The molecule has 1 unspecified atom stereocenters. The minimum atomic E-state index is -1.47. The van der Waals surface area contributed by atoms with E-state index in [1.54, 1.807) is 42.3 Å². The van der Waals surface area contributed by atoms with Gasteiger partial charge in [0.15, 0.2) is 6.04 Å². The van der Waals surface area contributed by atoms with E-state index in [9.17, 15) is 19.8 Å². The first-order valence-corrected chi connectivity index (χ1v) is 9.12. The smallest absolute Gasteiger partial charge is 0.269 e. The second-order valence-corrected chi connectivity index (χ2v) is 6.68. The number of carbonyl (C=O) groups is 3. The van der Waals surface area contributed by atoms with Crippen molar-refractivity contribution in [2.45, 2.75) is 6.04 Å². The molecule has 0 aromatic heterocycles. The molecule has 1 aliphatic rings. The van der Waals surface area contributed by atoms with E-state index in [4.69, 9.17) is 4.74 Å². The van der Waals surface area contributed by atoms with Crippen LogP contribution in [0.25, 0.3) is 16.2 Å². The highest BCUT2D eigenvalue weighted by molar-refractivity contribution is 6.43. The second kappa shape index (κ2) is 7.66. The van der Waals surface area contributed by atoms with E-state index in [2.05, 4.69) is 5.32 Å². The molecule has 3 aromatic carbocycles. The Morgan fingerprint density at radius 1 is 1.03 bits per heavy atom. The van der Waals surface area contributed by atoms with Crippen LogP contribution in [0.2, 0.25) is 0 Å². The van der Waals surface area contributed by atoms with Crippen LogP contribution >= 0.6 is 0 Å². The van der Waals surface area contributed by atoms with Gasteiger partial charge in [-0.3, -0.25) is 25.2 Å². The molecule has 2 amide bonds. The number of Topliss-reactive ketones (excluding diaryl/α,β-unsaturated/α-hetero) is 1. The van der Waals surface area contributed by atoms with Crippen molar-refractivity contribution < 1.29 is 19.1 Å². The third kappa shape index (κ3) is 3.23. The third-order valence-electron chi connectivity index (χ3n) is 4.91. The van der Waals surface area contributed by atoms with Crippen LogP contribution in [0.3, 0.4) is 0 Å². The molecule has 1 fully saturated rings. The monoisotopic (exact) mass is 398 g/mol. The van der Waals surface area contributed by atoms with Crippen LogP contribution in [0, 0.1) is 0 Å². The van der Waals surface area contributed by atoms with Crippen LogP contribution in [-0.2, 0) is 14.4 Å². The molecule has 1 heterocycles. The van der Waals surface area contributed by atoms with Crippen LogP contribution in [-0.4, -0.2) is 36.6 Å². The second-order valence-electron chi connectivity index (χ2n) is 6.68. The molecule has 1 atom stereocenters. The van der Waals surface area contributed by atoms with Gasteiger partial charge >= 0.3 is 0 Å². The molecule has 1 N–H and O–H groups in total. The highest BCUT2D eigenvalue weighted by Crippen LogP contribution is 2.29. The SMILES string of the molecule is COc1ccc(N2C(=O)C(=C=[N-])C(=O)C2C(=O)Nc2ccc3ccccc3c2)cc1. The van der Waals surface area contributed by atoms with Crippen LogP contribution < -0.4 is 15.0 Å². The quantitative estimate of drug-likeness (QED) is 0.316. The van der Waals surface area contributed by atoms with Gasteiger partial charge in [0.25, 0.3) is 11.8 Å². The highest BCUT2D eigenvalue weighted by atomic mass is 16.5. The van der Waals surface area contributed by atoms with Crippen molar-refractivity contribution in [2.75, 3.05) is 17.3 Å². The zero-order chi connectivity index (χ0) is 21.3. The molecule has 1 aliphatic heterocycles. The van der Waals surface area contributed by atoms with Gasteiger partial charge in [-0.15, -0.1) is 0 Å². The molecule has 3 aromatic rings. The number of hydrogen-bond acceptors (Lipinski definition) is 4. The summed E-state index contributed by atoms with van der Waals surface area (Å²) in [5.41, 5.74) is 0.238. The number of anilines is 2. The standard InChI is InChI=1S/C23H16N3O4/c1-30-18-10-8-17(9-11-18)26-20(21(27)19(13-24)23(26)29)22(28)25-16-7-6-14-4-2-3-5-15(14)12-16/h2-12,20H,1H3,(H,25,28)/q-1. The fourth-order valence-electron chi connectivity index (χ4n) is 3.42. The summed E-state index contributed by atoms with van der Waals surface area (Å²) in [5, 5.41) is 13.9. The number of hydrogen-bond donors (Lipinski definition) is 1. The van der Waals surface area contributed by atoms with Gasteiger partial charge in [0.05, 0.1) is 7.11 Å². The van der Waals surface area contributed by atoms with E-state index in [1.807, 2.05) is 30.3 Å². The fourth-order valence-corrected chi connectivity index (χ4v) is 3.42. The zero-order valence-corrected chi connectivity index (χ0v) is 16.0. The van der Waals surface area contributed by atoms with Crippen LogP contribution in [0.1, 0.15) is 0 Å². The van der Waals surface area contributed by atoms with Gasteiger partial charge in [0.1, 0.15) is 11.3 Å². The van der Waals surface area contributed by atoms with Gasteiger partial charge in [-0.05, 0) is 47.2 Å². The Hall–Kier alpha value is -4.22. The van der Waals surface area contributed by atoms with Crippen molar-refractivity contribution in [3.8, 4) is 5.75 Å². The topological polar surface area (TPSA) is 98.0 Å². The number of nitrogens with one attached hydrogen (secondary N) is 1. The van der Waals surface area contributed by atoms with Gasteiger partial charge in [0.2, 0.25) is 5.78 Å². The lowest BCUT2D eigenvalue weighted by molar-refractivity contribution is -0.124. The largest absolute Gasteiger partial charge is 0.763 e. The third-order valence-corrected chi connectivity index (χ3v) is 4.91. The first kappa shape index (κ1) is 19.1. The molecule has 0 radical (unpaired) electrons. The van der Waals surface area contributed by atoms with Gasteiger partial charge in [-0.2, -0.15) is 0 Å². The number of ketones is 1. The Kier molecular flexibility index (Phi) is 4.88. The number of fused-ring (bicyclic) bond motifs is 1. The van der Waals surface area contributed by atoms with Crippen LogP contribution in [0.15, 0.2) is 72.3 Å². The Morgan fingerprint density at radius 2 is 1.73 bits per heavy atom. The van der Waals surface area contributed by atoms with E-state index < -0.39 is 29.2 Å². The van der Waals surface area contributed by atoms with Gasteiger partial charge in [0, 0.05) is 11.4 Å². The summed E-state index contributed by atoms with van der Waals surface area (Å²) in [7, 11) is 1.50. The normalized spacial score (nSPS) is 16.0. The van der Waals surface area contributed by atoms with E-state index >= 15 is 0 Å². The number of benzene rings is 3. The molecular weight excluding hydrogens is 382 g/mol. The maximum absolute atomic E-state index is 13.0. The predicted molar refractivity (Wildman–Crippen MR) is 114 cm³/mol. The summed E-state index contributed by atoms with van der Waals surface area (Å²) in [5.74, 6) is -0.128. The van der Waals surface area contributed by atoms with E-state index in [0.717, 1.165) is 15.7 Å². The Bertz CT molecular complexity index is 1230. The Morgan fingerprint density at radius 3 is 2.40 bits per heavy atom. The molecule has 4 rings (SSSR count). The minimum Gasteiger partial charge on any atom is -0.763 e. The highest BCUT2D eigenvalue weighted by Gasteiger charge is 2.47. The molecule has 0 aliphatic carbocycles. The van der Waals surface area contributed by atoms with Gasteiger partial charge in [-0.1, -0.05) is 30.3 Å². The molecule has 148 valence electrons. The number of rotatable bonds is 4. The van der Waals surface area contributed by atoms with Gasteiger partial charge in [-0.25, -0.2) is 0 Å². The first-order chi connectivity index (χ1) is 14.5. The zero-order valence-electron chi connectivity index (χ0n) is 16.0. The molecule has 7 nitrogen and oxygen atoms in total. The minimum absolute atomic E-state index is 0.318. The van der Waals surface area contributed by atoms with Crippen molar-refractivity contribution in [3.05, 3.63) is 77.7 Å². The van der Waals surface area contributed by atoms with E-state index in [1.165, 1.54) is 7.11 Å². The van der Waals surface area contributed by atoms with Crippen molar-refractivity contribution >= 4 is 45.6 Å². The van der Waals surface area contributed by atoms with E-state index in [0.29, 0.717) is 17.1 Å². The predicted octanol–water partition coefficient (Wildman–Crippen LogP) is 2.94. The van der Waals surface area contributed by atoms with Crippen molar-refractivity contribution in [2.24, 2.45) is 0 Å². The summed E-state index contributed by atoms with van der Waals surface area (Å²) in [6.07, 6.45) is 0. The Balaban J connectivity index is 1.68. The lowest BCUT2D eigenvalue weighted by Crippen LogP contribution is -2.44. The summed E-state index contributed by atoms with van der Waals surface area (Å²) < 4.78 is 5.10. The lowest BCUT2D eigenvalue weighted by atomic mass is 10.1. The number of carbonyl (C=O) groups excluding carboxylic acids is 3. The molecule has 7 heteroatoms. The number of ether oxygens (including phenoxy) is 1. The number of amides is 2. The summed E-state index contributed by atoms with van der Waals surface area (Å²) in [4.78, 5) is 39.4. The molecule has 0 spiro atoms. The molecule has 0 bridgehead atoms. The van der Waals surface area contributed by atoms with Crippen LogP contribution in [0.5, 0.6) is 5.75 Å². The van der Waals surface area contributed by atoms with Crippen molar-refractivity contribution in [1.82, 2.24) is 0 Å². The first-order valence-electron chi connectivity index (χ1n) is 9.12. The summed E-state index contributed by atoms with van der Waals surface area (Å²) in [6, 6.07) is 17.8. The van der Waals surface area contributed by atoms with E-state index in [-0.39, 0.29) is 0 Å². The Labute approximate surface area is 172 Å². The lowest BCUT2D eigenvalue weighted by Gasteiger charge is -2.22. The molecule has 30 heavy (non-hydrogen) atoms. The average Bonchev–Trinajstić information content (AvgIpc) is 3.03. The van der Waals surface area contributed by atoms with Gasteiger partial charge < -0.3 is 15.5 Å². The summed E-state index contributed by atoms with van der Waals surface area (Å²) >= 11 is 0. The molecule has 1 saturated heterocycles. The maximum atomic E-state index is 13.0. The molecule has 0 saturated carbocycles. The summed E-state index contributed by atoms with van der Waals surface area (Å²) in [6.45, 7) is 0. The number of methoxy groups -OCH3 is 1. The van der Waals surface area contributed by atoms with Crippen molar-refractivity contribution in [3.63, 3.8) is 0 Å². The van der Waals surface area contributed by atoms with Crippen LogP contribution in [0.4, 0.5) is 11.4 Å². The van der Waals surface area contributed by atoms with Crippen molar-refractivity contribution in [1.29, 1.82) is 0 Å². The molecular formula is C23H16N3O4-. The number of nitrogens with zero attached hydrogens (tertiary/aromatic N) is 2. The maximum Gasteiger partial charge on any atom is 0.269 e.